The van der Waals surface area contributed by atoms with Crippen LogP contribution in [0.5, 0.6) is 11.5 Å². The predicted octanol–water partition coefficient (Wildman–Crippen LogP) is 3.88. The number of carbonyl (C=O) groups is 1. The Morgan fingerprint density at radius 1 is 1.25 bits per heavy atom. The molecule has 0 bridgehead atoms. The van der Waals surface area contributed by atoms with Crippen molar-refractivity contribution in [2.75, 3.05) is 14.2 Å². The van der Waals surface area contributed by atoms with E-state index < -0.39 is 11.5 Å². The molecular weight excluding hydrogens is 374 g/mol. The third-order valence-electron chi connectivity index (χ3n) is 3.78. The van der Waals surface area contributed by atoms with Gasteiger partial charge in [-0.2, -0.15) is 8.78 Å². The molecular formula is C19H18F2N2O5. The summed E-state index contributed by atoms with van der Waals surface area (Å²) in [5, 5.41) is 11.0. The van der Waals surface area contributed by atoms with Crippen molar-refractivity contribution in [2.24, 2.45) is 0 Å². The molecule has 9 heteroatoms. The van der Waals surface area contributed by atoms with Gasteiger partial charge >= 0.3 is 6.61 Å². The summed E-state index contributed by atoms with van der Waals surface area (Å²) in [5.41, 5.74) is 0.839. The van der Waals surface area contributed by atoms with Gasteiger partial charge in [-0.3, -0.25) is 14.9 Å². The zero-order valence-corrected chi connectivity index (χ0v) is 15.2. The largest absolute Gasteiger partial charge is 0.493 e. The van der Waals surface area contributed by atoms with Gasteiger partial charge in [0.2, 0.25) is 5.91 Å². The monoisotopic (exact) mass is 392 g/mol. The van der Waals surface area contributed by atoms with Crippen molar-refractivity contribution < 1.29 is 28.0 Å². The van der Waals surface area contributed by atoms with E-state index in [1.807, 2.05) is 0 Å². The zero-order valence-electron chi connectivity index (χ0n) is 15.2. The van der Waals surface area contributed by atoms with Gasteiger partial charge in [-0.15, -0.1) is 0 Å². The molecule has 0 saturated heterocycles. The third-order valence-corrected chi connectivity index (χ3v) is 3.78. The van der Waals surface area contributed by atoms with Gasteiger partial charge in [0.15, 0.2) is 11.5 Å². The Morgan fingerprint density at radius 2 is 1.96 bits per heavy atom. The first-order valence-corrected chi connectivity index (χ1v) is 8.10. The molecule has 1 amide bonds. The van der Waals surface area contributed by atoms with E-state index in [2.05, 4.69) is 4.74 Å². The summed E-state index contributed by atoms with van der Waals surface area (Å²) in [6.07, 6.45) is 2.60. The molecule has 0 fully saturated rings. The van der Waals surface area contributed by atoms with Crippen molar-refractivity contribution in [1.82, 2.24) is 4.90 Å². The normalized spacial score (nSPS) is 10.9. The lowest BCUT2D eigenvalue weighted by atomic mass is 10.1. The minimum atomic E-state index is -2.98. The quantitative estimate of drug-likeness (QED) is 0.387. The predicted molar refractivity (Wildman–Crippen MR) is 98.2 cm³/mol. The third kappa shape index (κ3) is 5.50. The fourth-order valence-electron chi connectivity index (χ4n) is 2.44. The van der Waals surface area contributed by atoms with Gasteiger partial charge in [0.05, 0.1) is 17.6 Å². The summed E-state index contributed by atoms with van der Waals surface area (Å²) < 4.78 is 34.1. The second-order valence-electron chi connectivity index (χ2n) is 5.71. The number of nitro groups is 1. The van der Waals surface area contributed by atoms with Gasteiger partial charge in [-0.25, -0.2) is 0 Å². The first-order chi connectivity index (χ1) is 13.3. The lowest BCUT2D eigenvalue weighted by Crippen LogP contribution is -2.24. The Labute approximate surface area is 159 Å². The van der Waals surface area contributed by atoms with Crippen LogP contribution in [-0.4, -0.2) is 36.5 Å². The maximum absolute atomic E-state index is 12.4. The van der Waals surface area contributed by atoms with Crippen LogP contribution in [0.2, 0.25) is 0 Å². The fourth-order valence-corrected chi connectivity index (χ4v) is 2.44. The number of ether oxygens (including phenoxy) is 2. The van der Waals surface area contributed by atoms with E-state index in [4.69, 9.17) is 4.74 Å². The van der Waals surface area contributed by atoms with E-state index in [1.54, 1.807) is 13.1 Å². The second kappa shape index (κ2) is 9.45. The molecule has 28 heavy (non-hydrogen) atoms. The first-order valence-electron chi connectivity index (χ1n) is 8.10. The van der Waals surface area contributed by atoms with E-state index in [0.29, 0.717) is 11.1 Å². The van der Waals surface area contributed by atoms with Crippen molar-refractivity contribution >= 4 is 17.7 Å². The van der Waals surface area contributed by atoms with Crippen LogP contribution in [0.15, 0.2) is 48.5 Å². The lowest BCUT2D eigenvalue weighted by Gasteiger charge is -2.17. The van der Waals surface area contributed by atoms with Crippen molar-refractivity contribution in [3.8, 4) is 11.5 Å². The van der Waals surface area contributed by atoms with Crippen LogP contribution in [0, 0.1) is 10.1 Å². The maximum Gasteiger partial charge on any atom is 0.387 e. The minimum Gasteiger partial charge on any atom is -0.493 e. The summed E-state index contributed by atoms with van der Waals surface area (Å²) in [5.74, 6) is -0.370. The highest BCUT2D eigenvalue weighted by Gasteiger charge is 2.14. The number of benzene rings is 2. The molecule has 0 N–H and O–H groups in total. The van der Waals surface area contributed by atoms with Crippen LogP contribution >= 0.6 is 0 Å². The topological polar surface area (TPSA) is 81.9 Å². The molecule has 2 aromatic rings. The van der Waals surface area contributed by atoms with E-state index in [0.717, 1.165) is 0 Å². The standard InChI is InChI=1S/C19H18F2N2O5/c1-22(12-13-7-9-16(28-19(20)21)17(11-13)27-2)18(24)10-8-14-5-3-4-6-15(14)23(25)26/h3-11,19H,12H2,1-2H3/b10-8+. The Kier molecular flexibility index (Phi) is 7.02. The summed E-state index contributed by atoms with van der Waals surface area (Å²) >= 11 is 0. The number of rotatable bonds is 8. The Bertz CT molecular complexity index is 886. The highest BCUT2D eigenvalue weighted by atomic mass is 19.3. The Morgan fingerprint density at radius 3 is 2.61 bits per heavy atom. The minimum absolute atomic E-state index is 0.103. The van der Waals surface area contributed by atoms with Gasteiger partial charge in [-0.1, -0.05) is 18.2 Å². The molecule has 2 aromatic carbocycles. The first kappa shape index (κ1) is 20.8. The average Bonchev–Trinajstić information content (AvgIpc) is 2.66. The second-order valence-corrected chi connectivity index (χ2v) is 5.71. The molecule has 0 heterocycles. The molecule has 148 valence electrons. The SMILES string of the molecule is COc1cc(CN(C)C(=O)/C=C/c2ccccc2[N+](=O)[O-])ccc1OC(F)F. The number of amides is 1. The maximum atomic E-state index is 12.4. The molecule has 0 aliphatic heterocycles. The number of nitro benzene ring substituents is 1. The lowest BCUT2D eigenvalue weighted by molar-refractivity contribution is -0.385. The molecule has 7 nitrogen and oxygen atoms in total. The number of nitrogens with zero attached hydrogens (tertiary/aromatic N) is 2. The summed E-state index contributed by atoms with van der Waals surface area (Å²) in [7, 11) is 2.87. The summed E-state index contributed by atoms with van der Waals surface area (Å²) in [4.78, 5) is 24.1. The molecule has 0 spiro atoms. The molecule has 0 aromatic heterocycles. The van der Waals surface area contributed by atoms with Crippen LogP contribution < -0.4 is 9.47 Å². The number of carbonyl (C=O) groups excluding carboxylic acids is 1. The van der Waals surface area contributed by atoms with Crippen molar-refractivity contribution in [3.05, 3.63) is 69.8 Å². The van der Waals surface area contributed by atoms with Crippen LogP contribution in [0.25, 0.3) is 6.08 Å². The summed E-state index contributed by atoms with van der Waals surface area (Å²) in [6, 6.07) is 10.4. The van der Waals surface area contributed by atoms with Gasteiger partial charge in [-0.05, 0) is 29.8 Å². The van der Waals surface area contributed by atoms with Gasteiger partial charge in [0.25, 0.3) is 5.69 Å². The van der Waals surface area contributed by atoms with E-state index in [9.17, 15) is 23.7 Å². The van der Waals surface area contributed by atoms with Crippen molar-refractivity contribution in [3.63, 3.8) is 0 Å². The van der Waals surface area contributed by atoms with Crippen molar-refractivity contribution in [2.45, 2.75) is 13.2 Å². The highest BCUT2D eigenvalue weighted by Crippen LogP contribution is 2.29. The molecule has 2 rings (SSSR count). The fraction of sp³-hybridized carbons (Fsp3) is 0.211. The van der Waals surface area contributed by atoms with Gasteiger partial charge in [0.1, 0.15) is 0 Å². The number of likely N-dealkylation sites (N-methyl/N-ethyl adjacent to an activating group) is 1. The number of alkyl halides is 2. The molecule has 0 atom stereocenters. The molecule has 0 saturated carbocycles. The smallest absolute Gasteiger partial charge is 0.387 e. The Balaban J connectivity index is 2.09. The number of para-hydroxylation sites is 1. The van der Waals surface area contributed by atoms with Gasteiger partial charge < -0.3 is 14.4 Å². The molecule has 0 unspecified atom stereocenters. The van der Waals surface area contributed by atoms with Crippen molar-refractivity contribution in [1.29, 1.82) is 0 Å². The molecule has 0 aliphatic rings. The number of halogens is 2. The van der Waals surface area contributed by atoms with Gasteiger partial charge in [0, 0.05) is 25.7 Å². The average molecular weight is 392 g/mol. The number of hydrogen-bond acceptors (Lipinski definition) is 5. The van der Waals surface area contributed by atoms with E-state index in [1.165, 1.54) is 60.6 Å². The van der Waals surface area contributed by atoms with Crippen LogP contribution in [-0.2, 0) is 11.3 Å². The number of methoxy groups -OCH3 is 1. The highest BCUT2D eigenvalue weighted by molar-refractivity contribution is 5.92. The van der Waals surface area contributed by atoms with Crippen LogP contribution in [0.4, 0.5) is 14.5 Å². The molecule has 0 radical (unpaired) electrons. The van der Waals surface area contributed by atoms with Crippen LogP contribution in [0.1, 0.15) is 11.1 Å². The molecule has 0 aliphatic carbocycles. The summed E-state index contributed by atoms with van der Waals surface area (Å²) in [6.45, 7) is -2.80. The zero-order chi connectivity index (χ0) is 20.7. The van der Waals surface area contributed by atoms with Crippen LogP contribution in [0.3, 0.4) is 0 Å². The van der Waals surface area contributed by atoms with E-state index in [-0.39, 0.29) is 29.6 Å². The number of hydrogen-bond donors (Lipinski definition) is 0. The Hall–Kier alpha value is -3.49. The van der Waals surface area contributed by atoms with E-state index >= 15 is 0 Å².